The summed E-state index contributed by atoms with van der Waals surface area (Å²) >= 11 is 0. The van der Waals surface area contributed by atoms with Crippen LogP contribution in [0.2, 0.25) is 0 Å². The van der Waals surface area contributed by atoms with E-state index in [2.05, 4.69) is 10.3 Å². The van der Waals surface area contributed by atoms with Gasteiger partial charge in [-0.25, -0.2) is 4.98 Å². The normalized spacial score (nSPS) is 10.1. The lowest BCUT2D eigenvalue weighted by Crippen LogP contribution is -2.01. The first-order valence-electron chi connectivity index (χ1n) is 6.01. The first kappa shape index (κ1) is 13.6. The molecule has 0 aliphatic rings. The van der Waals surface area contributed by atoms with Crippen molar-refractivity contribution in [1.29, 1.82) is 0 Å². The molecular formula is C13H14N4O3. The highest BCUT2D eigenvalue weighted by molar-refractivity contribution is 5.63. The van der Waals surface area contributed by atoms with Gasteiger partial charge in [0.15, 0.2) is 0 Å². The Balaban J connectivity index is 2.19. The number of rotatable bonds is 5. The lowest BCUT2D eigenvalue weighted by atomic mass is 10.3. The van der Waals surface area contributed by atoms with Gasteiger partial charge in [0.1, 0.15) is 11.6 Å². The summed E-state index contributed by atoms with van der Waals surface area (Å²) in [5, 5.41) is 13.7. The summed E-state index contributed by atoms with van der Waals surface area (Å²) in [5.74, 6) is 1.04. The molecular weight excluding hydrogens is 260 g/mol. The summed E-state index contributed by atoms with van der Waals surface area (Å²) in [6.07, 6.45) is 0. The van der Waals surface area contributed by atoms with Gasteiger partial charge in [0, 0.05) is 17.8 Å². The van der Waals surface area contributed by atoms with Crippen LogP contribution in [-0.2, 0) is 0 Å². The highest BCUT2D eigenvalue weighted by atomic mass is 16.6. The topological polar surface area (TPSA) is 103 Å². The molecule has 0 saturated heterocycles. The minimum atomic E-state index is -0.568. The maximum Gasteiger partial charge on any atom is 0.311 e. The smallest absolute Gasteiger partial charge is 0.311 e. The number of nitrogen functional groups attached to an aromatic ring is 1. The van der Waals surface area contributed by atoms with Crippen LogP contribution in [0, 0.1) is 10.1 Å². The van der Waals surface area contributed by atoms with Crippen molar-refractivity contribution in [2.45, 2.75) is 6.92 Å². The molecule has 0 aliphatic heterocycles. The molecule has 0 radical (unpaired) electrons. The summed E-state index contributed by atoms with van der Waals surface area (Å²) in [6.45, 7) is 2.48. The second-order valence-corrected chi connectivity index (χ2v) is 3.94. The van der Waals surface area contributed by atoms with E-state index in [1.165, 1.54) is 12.1 Å². The van der Waals surface area contributed by atoms with Gasteiger partial charge >= 0.3 is 5.69 Å². The molecule has 0 atom stereocenters. The number of ether oxygens (including phenoxy) is 1. The largest absolute Gasteiger partial charge is 0.494 e. The van der Waals surface area contributed by atoms with Crippen molar-refractivity contribution in [3.63, 3.8) is 0 Å². The van der Waals surface area contributed by atoms with Crippen molar-refractivity contribution >= 4 is 23.0 Å². The zero-order chi connectivity index (χ0) is 14.5. The van der Waals surface area contributed by atoms with E-state index in [0.29, 0.717) is 12.4 Å². The van der Waals surface area contributed by atoms with Gasteiger partial charge in [0.05, 0.1) is 11.5 Å². The number of nitrogens with two attached hydrogens (primary N) is 1. The van der Waals surface area contributed by atoms with Gasteiger partial charge in [0.2, 0.25) is 5.82 Å². The molecule has 1 aromatic heterocycles. The van der Waals surface area contributed by atoms with Crippen LogP contribution < -0.4 is 15.8 Å². The second kappa shape index (κ2) is 5.87. The predicted molar refractivity (Wildman–Crippen MR) is 76.2 cm³/mol. The maximum absolute atomic E-state index is 10.7. The number of anilines is 3. The van der Waals surface area contributed by atoms with E-state index in [0.717, 1.165) is 11.4 Å². The second-order valence-electron chi connectivity index (χ2n) is 3.94. The lowest BCUT2D eigenvalue weighted by molar-refractivity contribution is -0.384. The van der Waals surface area contributed by atoms with Crippen LogP contribution in [-0.4, -0.2) is 16.5 Å². The summed E-state index contributed by atoms with van der Waals surface area (Å²) in [4.78, 5) is 14.0. The zero-order valence-corrected chi connectivity index (χ0v) is 10.9. The highest BCUT2D eigenvalue weighted by Crippen LogP contribution is 2.24. The molecule has 0 aliphatic carbocycles. The Bertz CT molecular complexity index is 631. The molecule has 7 nitrogen and oxygen atoms in total. The molecule has 0 bridgehead atoms. The molecule has 104 valence electrons. The first-order chi connectivity index (χ1) is 9.60. The summed E-state index contributed by atoms with van der Waals surface area (Å²) in [7, 11) is 0. The van der Waals surface area contributed by atoms with E-state index in [1.54, 1.807) is 0 Å². The summed E-state index contributed by atoms with van der Waals surface area (Å²) in [5.41, 5.74) is 6.09. The Morgan fingerprint density at radius 1 is 1.40 bits per heavy atom. The summed E-state index contributed by atoms with van der Waals surface area (Å²) < 4.78 is 5.38. The third kappa shape index (κ3) is 3.14. The number of hydrogen-bond acceptors (Lipinski definition) is 6. The van der Waals surface area contributed by atoms with Gasteiger partial charge in [-0.2, -0.15) is 0 Å². The van der Waals surface area contributed by atoms with Crippen LogP contribution in [0.4, 0.5) is 23.0 Å². The zero-order valence-electron chi connectivity index (χ0n) is 10.9. The molecule has 2 rings (SSSR count). The molecule has 1 heterocycles. The minimum absolute atomic E-state index is 0.124. The van der Waals surface area contributed by atoms with Gasteiger partial charge in [-0.1, -0.05) is 6.07 Å². The molecule has 0 saturated carbocycles. The van der Waals surface area contributed by atoms with Crippen LogP contribution in [0.25, 0.3) is 0 Å². The van der Waals surface area contributed by atoms with E-state index in [1.807, 2.05) is 31.2 Å². The number of aromatic nitrogens is 1. The van der Waals surface area contributed by atoms with Crippen LogP contribution in [0.5, 0.6) is 5.75 Å². The van der Waals surface area contributed by atoms with E-state index in [4.69, 9.17) is 10.5 Å². The molecule has 1 aromatic carbocycles. The van der Waals surface area contributed by atoms with E-state index >= 15 is 0 Å². The van der Waals surface area contributed by atoms with Crippen molar-refractivity contribution in [3.05, 3.63) is 46.5 Å². The number of pyridine rings is 1. The molecule has 0 amide bonds. The number of benzene rings is 1. The molecule has 7 heteroatoms. The summed E-state index contributed by atoms with van der Waals surface area (Å²) in [6, 6.07) is 10.1. The van der Waals surface area contributed by atoms with Crippen molar-refractivity contribution in [3.8, 4) is 5.75 Å². The Morgan fingerprint density at radius 2 is 2.20 bits per heavy atom. The fourth-order valence-electron chi connectivity index (χ4n) is 1.67. The maximum atomic E-state index is 10.7. The van der Waals surface area contributed by atoms with Gasteiger partial charge in [-0.15, -0.1) is 0 Å². The van der Waals surface area contributed by atoms with Crippen LogP contribution in [0.3, 0.4) is 0 Å². The third-order valence-corrected chi connectivity index (χ3v) is 2.52. The SMILES string of the molecule is CCOc1cccc(Nc2ccc([N+](=O)[O-])c(N)n2)c1. The van der Waals surface area contributed by atoms with Crippen molar-refractivity contribution in [1.82, 2.24) is 4.98 Å². The van der Waals surface area contributed by atoms with Gasteiger partial charge in [-0.05, 0) is 25.1 Å². The fourth-order valence-corrected chi connectivity index (χ4v) is 1.67. The van der Waals surface area contributed by atoms with Crippen molar-refractivity contribution < 1.29 is 9.66 Å². The van der Waals surface area contributed by atoms with Gasteiger partial charge in [-0.3, -0.25) is 10.1 Å². The average molecular weight is 274 g/mol. The lowest BCUT2D eigenvalue weighted by Gasteiger charge is -2.08. The van der Waals surface area contributed by atoms with Crippen LogP contribution in [0.15, 0.2) is 36.4 Å². The van der Waals surface area contributed by atoms with E-state index in [-0.39, 0.29) is 11.5 Å². The molecule has 0 unspecified atom stereocenters. The Labute approximate surface area is 115 Å². The van der Waals surface area contributed by atoms with E-state index < -0.39 is 4.92 Å². The quantitative estimate of drug-likeness (QED) is 0.641. The van der Waals surface area contributed by atoms with Crippen LogP contribution >= 0.6 is 0 Å². The molecule has 0 spiro atoms. The Kier molecular flexibility index (Phi) is 3.99. The van der Waals surface area contributed by atoms with Crippen molar-refractivity contribution in [2.75, 3.05) is 17.7 Å². The van der Waals surface area contributed by atoms with Gasteiger partial charge in [0.25, 0.3) is 0 Å². The predicted octanol–water partition coefficient (Wildman–Crippen LogP) is 2.71. The third-order valence-electron chi connectivity index (χ3n) is 2.52. The average Bonchev–Trinajstić information content (AvgIpc) is 2.39. The van der Waals surface area contributed by atoms with Crippen molar-refractivity contribution in [2.24, 2.45) is 0 Å². The minimum Gasteiger partial charge on any atom is -0.494 e. The first-order valence-corrected chi connectivity index (χ1v) is 6.01. The van der Waals surface area contributed by atoms with E-state index in [9.17, 15) is 10.1 Å². The molecule has 20 heavy (non-hydrogen) atoms. The number of hydrogen-bond donors (Lipinski definition) is 2. The Morgan fingerprint density at radius 3 is 2.85 bits per heavy atom. The molecule has 2 aromatic rings. The highest BCUT2D eigenvalue weighted by Gasteiger charge is 2.12. The number of nitro groups is 1. The van der Waals surface area contributed by atoms with Crippen LogP contribution in [0.1, 0.15) is 6.92 Å². The number of nitrogens with zero attached hydrogens (tertiary/aromatic N) is 2. The Hall–Kier alpha value is -2.83. The molecule has 3 N–H and O–H groups in total. The standard InChI is InChI=1S/C13H14N4O3/c1-2-20-10-5-3-4-9(8-10)15-12-7-6-11(17(18)19)13(14)16-12/h3-8H,2H2,1H3,(H3,14,15,16). The number of nitrogens with one attached hydrogen (secondary N) is 1. The molecule has 0 fully saturated rings. The monoisotopic (exact) mass is 274 g/mol. The van der Waals surface area contributed by atoms with Gasteiger partial charge < -0.3 is 15.8 Å². The fraction of sp³-hybridized carbons (Fsp3) is 0.154.